The van der Waals surface area contributed by atoms with Crippen molar-refractivity contribution in [3.8, 4) is 0 Å². The molecule has 1 atom stereocenters. The third-order valence-electron chi connectivity index (χ3n) is 1.30. The molecule has 0 aliphatic rings. The van der Waals surface area contributed by atoms with E-state index < -0.39 is 6.17 Å². The zero-order valence-electron chi connectivity index (χ0n) is 6.30. The molecule has 0 amide bonds. The summed E-state index contributed by atoms with van der Waals surface area (Å²) in [4.78, 5) is 12.8. The normalized spacial score (nSPS) is 12.8. The van der Waals surface area contributed by atoms with Gasteiger partial charge < -0.3 is 0 Å². The number of alkyl halides is 1. The van der Waals surface area contributed by atoms with Crippen LogP contribution in [-0.4, -0.2) is 18.8 Å². The Morgan fingerprint density at radius 2 is 2.20 bits per heavy atom. The minimum absolute atomic E-state index is 0.0156. The van der Waals surface area contributed by atoms with Gasteiger partial charge in [0.2, 0.25) is 6.08 Å². The first-order chi connectivity index (χ1) is 4.68. The SMILES string of the molecule is CC(C)C(F)CCN=C=O. The first-order valence-electron chi connectivity index (χ1n) is 3.36. The van der Waals surface area contributed by atoms with Gasteiger partial charge in [-0.25, -0.2) is 14.2 Å². The number of aliphatic imine (C=N–C) groups is 1. The monoisotopic (exact) mass is 145 g/mol. The van der Waals surface area contributed by atoms with Gasteiger partial charge in [0.1, 0.15) is 6.17 Å². The summed E-state index contributed by atoms with van der Waals surface area (Å²) < 4.78 is 12.7. The highest BCUT2D eigenvalue weighted by Gasteiger charge is 2.09. The Morgan fingerprint density at radius 3 is 2.60 bits per heavy atom. The Hall–Kier alpha value is -0.690. The van der Waals surface area contributed by atoms with Crippen LogP contribution in [0.5, 0.6) is 0 Å². The molecule has 2 nitrogen and oxygen atoms in total. The molecule has 0 spiro atoms. The van der Waals surface area contributed by atoms with Crippen molar-refractivity contribution in [2.24, 2.45) is 10.9 Å². The van der Waals surface area contributed by atoms with Gasteiger partial charge >= 0.3 is 0 Å². The molecular weight excluding hydrogens is 133 g/mol. The molecule has 0 saturated heterocycles. The van der Waals surface area contributed by atoms with E-state index in [1.165, 1.54) is 6.08 Å². The summed E-state index contributed by atoms with van der Waals surface area (Å²) in [5.74, 6) is 0.0156. The van der Waals surface area contributed by atoms with Crippen molar-refractivity contribution in [1.82, 2.24) is 0 Å². The van der Waals surface area contributed by atoms with Crippen molar-refractivity contribution in [3.63, 3.8) is 0 Å². The predicted molar refractivity (Wildman–Crippen MR) is 37.3 cm³/mol. The van der Waals surface area contributed by atoms with Gasteiger partial charge in [-0.2, -0.15) is 0 Å². The molecule has 0 rings (SSSR count). The van der Waals surface area contributed by atoms with E-state index in [-0.39, 0.29) is 12.5 Å². The Morgan fingerprint density at radius 1 is 1.60 bits per heavy atom. The number of rotatable bonds is 4. The summed E-state index contributed by atoms with van der Waals surface area (Å²) in [6, 6.07) is 0. The van der Waals surface area contributed by atoms with Gasteiger partial charge in [0.15, 0.2) is 0 Å². The highest BCUT2D eigenvalue weighted by Crippen LogP contribution is 2.09. The van der Waals surface area contributed by atoms with E-state index in [1.807, 2.05) is 0 Å². The van der Waals surface area contributed by atoms with Crippen molar-refractivity contribution in [1.29, 1.82) is 0 Å². The largest absolute Gasteiger partial charge is 0.247 e. The Kier molecular flexibility index (Phi) is 4.77. The Bertz CT molecular complexity index is 130. The van der Waals surface area contributed by atoms with Gasteiger partial charge in [-0.3, -0.25) is 0 Å². The van der Waals surface area contributed by atoms with Crippen LogP contribution in [0.1, 0.15) is 20.3 Å². The third kappa shape index (κ3) is 4.21. The zero-order valence-corrected chi connectivity index (χ0v) is 6.30. The number of carbonyl (C=O) groups excluding carboxylic acids is 1. The first kappa shape index (κ1) is 9.31. The predicted octanol–water partition coefficient (Wildman–Crippen LogP) is 1.71. The van der Waals surface area contributed by atoms with Crippen molar-refractivity contribution < 1.29 is 9.18 Å². The molecule has 0 aromatic heterocycles. The molecule has 0 aliphatic heterocycles. The molecule has 0 heterocycles. The summed E-state index contributed by atoms with van der Waals surface area (Å²) in [7, 11) is 0. The number of hydrogen-bond donors (Lipinski definition) is 0. The first-order valence-corrected chi connectivity index (χ1v) is 3.36. The van der Waals surface area contributed by atoms with Crippen LogP contribution in [0, 0.1) is 5.92 Å². The van der Waals surface area contributed by atoms with Crippen LogP contribution in [0.2, 0.25) is 0 Å². The van der Waals surface area contributed by atoms with E-state index in [0.717, 1.165) is 0 Å². The third-order valence-corrected chi connectivity index (χ3v) is 1.30. The molecule has 0 bridgehead atoms. The van der Waals surface area contributed by atoms with Crippen molar-refractivity contribution in [3.05, 3.63) is 0 Å². The molecule has 10 heavy (non-hydrogen) atoms. The second-order valence-corrected chi connectivity index (χ2v) is 2.52. The van der Waals surface area contributed by atoms with E-state index in [1.54, 1.807) is 13.8 Å². The average molecular weight is 145 g/mol. The average Bonchev–Trinajstić information content (AvgIpc) is 1.88. The van der Waals surface area contributed by atoms with E-state index in [9.17, 15) is 9.18 Å². The summed E-state index contributed by atoms with van der Waals surface area (Å²) in [5.41, 5.74) is 0. The molecule has 0 aromatic carbocycles. The minimum Gasteiger partial charge on any atom is -0.247 e. The van der Waals surface area contributed by atoms with Crippen LogP contribution in [0.3, 0.4) is 0 Å². The van der Waals surface area contributed by atoms with Gasteiger partial charge in [0, 0.05) is 0 Å². The summed E-state index contributed by atoms with van der Waals surface area (Å²) >= 11 is 0. The maximum absolute atomic E-state index is 12.7. The van der Waals surface area contributed by atoms with Crippen LogP contribution in [-0.2, 0) is 4.79 Å². The molecule has 0 aromatic rings. The fourth-order valence-corrected chi connectivity index (χ4v) is 0.567. The molecular formula is C7H12FNO. The van der Waals surface area contributed by atoms with Crippen molar-refractivity contribution in [2.75, 3.05) is 6.54 Å². The zero-order chi connectivity index (χ0) is 7.98. The van der Waals surface area contributed by atoms with E-state index in [2.05, 4.69) is 4.99 Å². The van der Waals surface area contributed by atoms with Crippen LogP contribution in [0.4, 0.5) is 4.39 Å². The fraction of sp³-hybridized carbons (Fsp3) is 0.857. The molecule has 3 heteroatoms. The summed E-state index contributed by atoms with van der Waals surface area (Å²) in [6.07, 6.45) is 0.847. The number of isocyanates is 1. The molecule has 0 saturated carbocycles. The second-order valence-electron chi connectivity index (χ2n) is 2.52. The highest BCUT2D eigenvalue weighted by atomic mass is 19.1. The van der Waals surface area contributed by atoms with Gasteiger partial charge in [-0.05, 0) is 12.3 Å². The van der Waals surface area contributed by atoms with Gasteiger partial charge in [-0.15, -0.1) is 0 Å². The molecule has 0 radical (unpaired) electrons. The minimum atomic E-state index is -0.850. The van der Waals surface area contributed by atoms with E-state index in [0.29, 0.717) is 6.42 Å². The number of nitrogens with zero attached hydrogens (tertiary/aromatic N) is 1. The second kappa shape index (κ2) is 5.12. The molecule has 58 valence electrons. The molecule has 0 fully saturated rings. The number of halogens is 1. The van der Waals surface area contributed by atoms with Crippen LogP contribution in [0.15, 0.2) is 4.99 Å². The lowest BCUT2D eigenvalue weighted by atomic mass is 10.1. The number of hydrogen-bond acceptors (Lipinski definition) is 2. The van der Waals surface area contributed by atoms with Crippen molar-refractivity contribution in [2.45, 2.75) is 26.4 Å². The topological polar surface area (TPSA) is 29.4 Å². The summed E-state index contributed by atoms with van der Waals surface area (Å²) in [5, 5.41) is 0. The maximum atomic E-state index is 12.7. The Labute approximate surface area is 60.2 Å². The molecule has 0 aliphatic carbocycles. The Balaban J connectivity index is 3.39. The van der Waals surface area contributed by atoms with Gasteiger partial charge in [-0.1, -0.05) is 13.8 Å². The standard InChI is InChI=1S/C7H12FNO/c1-6(2)7(8)3-4-9-5-10/h6-7H,3-4H2,1-2H3. The van der Waals surface area contributed by atoms with Crippen LogP contribution < -0.4 is 0 Å². The smallest absolute Gasteiger partial charge is 0.234 e. The van der Waals surface area contributed by atoms with Crippen LogP contribution in [0.25, 0.3) is 0 Å². The van der Waals surface area contributed by atoms with E-state index in [4.69, 9.17) is 0 Å². The molecule has 0 N–H and O–H groups in total. The lowest BCUT2D eigenvalue weighted by molar-refractivity contribution is 0.244. The molecule has 1 unspecified atom stereocenters. The van der Waals surface area contributed by atoms with Gasteiger partial charge in [0.25, 0.3) is 0 Å². The van der Waals surface area contributed by atoms with Crippen molar-refractivity contribution >= 4 is 6.08 Å². The highest BCUT2D eigenvalue weighted by molar-refractivity contribution is 5.32. The van der Waals surface area contributed by atoms with E-state index >= 15 is 0 Å². The maximum Gasteiger partial charge on any atom is 0.234 e. The lowest BCUT2D eigenvalue weighted by Gasteiger charge is -2.08. The van der Waals surface area contributed by atoms with Crippen LogP contribution >= 0.6 is 0 Å². The fourth-order valence-electron chi connectivity index (χ4n) is 0.567. The lowest BCUT2D eigenvalue weighted by Crippen LogP contribution is -2.09. The van der Waals surface area contributed by atoms with Gasteiger partial charge in [0.05, 0.1) is 6.54 Å². The summed E-state index contributed by atoms with van der Waals surface area (Å²) in [6.45, 7) is 3.85. The quantitative estimate of drug-likeness (QED) is 0.437.